The first-order valence-corrected chi connectivity index (χ1v) is 7.27. The number of nitrogens with one attached hydrogen (secondary N) is 2. The van der Waals surface area contributed by atoms with E-state index in [1.807, 2.05) is 0 Å². The van der Waals surface area contributed by atoms with Gasteiger partial charge in [0, 0.05) is 18.2 Å². The number of carbonyl (C=O) groups is 1. The summed E-state index contributed by atoms with van der Waals surface area (Å²) in [5.41, 5.74) is 0.787. The van der Waals surface area contributed by atoms with Gasteiger partial charge >= 0.3 is 0 Å². The second-order valence-electron chi connectivity index (χ2n) is 5.09. The van der Waals surface area contributed by atoms with Crippen LogP contribution in [-0.4, -0.2) is 50.2 Å². The van der Waals surface area contributed by atoms with E-state index in [-0.39, 0.29) is 11.6 Å². The minimum absolute atomic E-state index is 0.0371. The van der Waals surface area contributed by atoms with Crippen molar-refractivity contribution in [2.75, 3.05) is 39.4 Å². The summed E-state index contributed by atoms with van der Waals surface area (Å²) < 4.78 is 5.28. The van der Waals surface area contributed by atoms with Crippen molar-refractivity contribution in [3.05, 3.63) is 46.0 Å². The Labute approximate surface area is 128 Å². The lowest BCUT2D eigenvalue weighted by atomic mass is 10.2. The van der Waals surface area contributed by atoms with Crippen LogP contribution in [0.4, 0.5) is 5.69 Å². The van der Waals surface area contributed by atoms with Gasteiger partial charge in [0.2, 0.25) is 5.91 Å². The average Bonchev–Trinajstić information content (AvgIpc) is 2.54. The average molecular weight is 306 g/mol. The van der Waals surface area contributed by atoms with E-state index in [0.717, 1.165) is 38.4 Å². The monoisotopic (exact) mass is 306 g/mol. The van der Waals surface area contributed by atoms with E-state index in [0.29, 0.717) is 6.54 Å². The Balaban J connectivity index is 1.72. The molecule has 2 rings (SSSR count). The number of hydrogen-bond donors (Lipinski definition) is 2. The number of quaternary nitrogens is 1. The van der Waals surface area contributed by atoms with Crippen molar-refractivity contribution < 1.29 is 19.4 Å². The SMILES string of the molecule is O=C(/C=C/c1ccc([N+](=O)[O-])cc1)NCC[NH+]1CCOCC1. The molecular weight excluding hydrogens is 286 g/mol. The standard InChI is InChI=1S/C15H19N3O4/c19-15(16-7-8-17-9-11-22-12-10-17)6-3-13-1-4-14(5-2-13)18(20)21/h1-6H,7-12H2,(H,16,19)/p+1/b6-3+. The highest BCUT2D eigenvalue weighted by Gasteiger charge is 2.12. The third-order valence-electron chi connectivity index (χ3n) is 3.51. The third kappa shape index (κ3) is 5.27. The first-order chi connectivity index (χ1) is 10.6. The van der Waals surface area contributed by atoms with E-state index in [9.17, 15) is 14.9 Å². The minimum Gasteiger partial charge on any atom is -0.370 e. The van der Waals surface area contributed by atoms with Crippen molar-refractivity contribution in [2.24, 2.45) is 0 Å². The molecule has 1 aliphatic heterocycles. The molecule has 1 aliphatic rings. The normalized spacial score (nSPS) is 15.8. The lowest BCUT2D eigenvalue weighted by molar-refractivity contribution is -0.906. The molecule has 0 bridgehead atoms. The first kappa shape index (κ1) is 16.1. The fourth-order valence-electron chi connectivity index (χ4n) is 2.21. The molecule has 1 amide bonds. The molecule has 0 radical (unpaired) electrons. The Hall–Kier alpha value is -2.25. The van der Waals surface area contributed by atoms with Crippen molar-refractivity contribution in [1.29, 1.82) is 0 Å². The number of nitro benzene ring substituents is 1. The molecular formula is C15H20N3O4+. The number of hydrogen-bond acceptors (Lipinski definition) is 4. The molecule has 1 fully saturated rings. The van der Waals surface area contributed by atoms with Crippen molar-refractivity contribution in [3.63, 3.8) is 0 Å². The topological polar surface area (TPSA) is 85.9 Å². The van der Waals surface area contributed by atoms with Gasteiger partial charge in [-0.25, -0.2) is 0 Å². The second-order valence-corrected chi connectivity index (χ2v) is 5.09. The summed E-state index contributed by atoms with van der Waals surface area (Å²) in [6.07, 6.45) is 3.08. The summed E-state index contributed by atoms with van der Waals surface area (Å²) >= 11 is 0. The number of morpholine rings is 1. The summed E-state index contributed by atoms with van der Waals surface area (Å²) in [5.74, 6) is -0.161. The van der Waals surface area contributed by atoms with Crippen LogP contribution in [0.3, 0.4) is 0 Å². The van der Waals surface area contributed by atoms with Gasteiger partial charge in [-0.2, -0.15) is 0 Å². The van der Waals surface area contributed by atoms with Crippen LogP contribution in [0.2, 0.25) is 0 Å². The maximum absolute atomic E-state index is 11.7. The number of amides is 1. The zero-order valence-electron chi connectivity index (χ0n) is 12.3. The molecule has 1 aromatic rings. The van der Waals surface area contributed by atoms with Crippen molar-refractivity contribution in [1.82, 2.24) is 5.32 Å². The van der Waals surface area contributed by atoms with E-state index < -0.39 is 4.92 Å². The zero-order chi connectivity index (χ0) is 15.8. The molecule has 0 unspecified atom stereocenters. The molecule has 7 nitrogen and oxygen atoms in total. The molecule has 0 saturated carbocycles. The van der Waals surface area contributed by atoms with Crippen LogP contribution in [0, 0.1) is 10.1 Å². The summed E-state index contributed by atoms with van der Waals surface area (Å²) in [6, 6.07) is 6.05. The maximum atomic E-state index is 11.7. The molecule has 0 aliphatic carbocycles. The fourth-order valence-corrected chi connectivity index (χ4v) is 2.21. The molecule has 0 spiro atoms. The number of benzene rings is 1. The highest BCUT2D eigenvalue weighted by molar-refractivity contribution is 5.91. The molecule has 0 aromatic heterocycles. The van der Waals surface area contributed by atoms with Crippen LogP contribution in [0.5, 0.6) is 0 Å². The molecule has 22 heavy (non-hydrogen) atoms. The Kier molecular flexibility index (Phi) is 6.05. The van der Waals surface area contributed by atoms with Gasteiger partial charge in [-0.15, -0.1) is 0 Å². The Bertz CT molecular complexity index is 536. The highest BCUT2D eigenvalue weighted by Crippen LogP contribution is 2.12. The third-order valence-corrected chi connectivity index (χ3v) is 3.51. The number of nitrogens with zero attached hydrogens (tertiary/aromatic N) is 1. The number of non-ortho nitro benzene ring substituents is 1. The van der Waals surface area contributed by atoms with Gasteiger partial charge in [-0.3, -0.25) is 14.9 Å². The molecule has 118 valence electrons. The van der Waals surface area contributed by atoms with Gasteiger partial charge in [0.25, 0.3) is 5.69 Å². The smallest absolute Gasteiger partial charge is 0.269 e. The highest BCUT2D eigenvalue weighted by atomic mass is 16.6. The Morgan fingerprint density at radius 2 is 2.00 bits per heavy atom. The molecule has 7 heteroatoms. The molecule has 1 heterocycles. The minimum atomic E-state index is -0.450. The molecule has 2 N–H and O–H groups in total. The van der Waals surface area contributed by atoms with E-state index in [2.05, 4.69) is 5.32 Å². The van der Waals surface area contributed by atoms with Crippen LogP contribution in [0.25, 0.3) is 6.08 Å². The number of rotatable bonds is 6. The van der Waals surface area contributed by atoms with Gasteiger partial charge in [0.1, 0.15) is 13.1 Å². The largest absolute Gasteiger partial charge is 0.370 e. The molecule has 1 aromatic carbocycles. The van der Waals surface area contributed by atoms with E-state index in [4.69, 9.17) is 4.74 Å². The van der Waals surface area contributed by atoms with Crippen LogP contribution >= 0.6 is 0 Å². The maximum Gasteiger partial charge on any atom is 0.269 e. The number of nitro groups is 1. The van der Waals surface area contributed by atoms with Crippen LogP contribution in [0.15, 0.2) is 30.3 Å². The molecule has 1 saturated heterocycles. The summed E-state index contributed by atoms with van der Waals surface area (Å²) in [5, 5.41) is 13.4. The van der Waals surface area contributed by atoms with Crippen molar-refractivity contribution >= 4 is 17.7 Å². The summed E-state index contributed by atoms with van der Waals surface area (Å²) in [6.45, 7) is 5.04. The number of carbonyl (C=O) groups excluding carboxylic acids is 1. The van der Waals surface area contributed by atoms with Gasteiger partial charge in [-0.1, -0.05) is 0 Å². The predicted octanol–water partition coefficient (Wildman–Crippen LogP) is -0.361. The first-order valence-electron chi connectivity index (χ1n) is 7.27. The fraction of sp³-hybridized carbons (Fsp3) is 0.400. The summed E-state index contributed by atoms with van der Waals surface area (Å²) in [4.78, 5) is 23.2. The number of ether oxygens (including phenoxy) is 1. The lowest BCUT2D eigenvalue weighted by Crippen LogP contribution is -3.14. The van der Waals surface area contributed by atoms with Crippen LogP contribution < -0.4 is 10.2 Å². The Morgan fingerprint density at radius 1 is 1.32 bits per heavy atom. The lowest BCUT2D eigenvalue weighted by Gasteiger charge is -2.23. The van der Waals surface area contributed by atoms with Crippen LogP contribution in [-0.2, 0) is 9.53 Å². The second kappa shape index (κ2) is 8.26. The quantitative estimate of drug-likeness (QED) is 0.427. The van der Waals surface area contributed by atoms with Crippen molar-refractivity contribution in [3.8, 4) is 0 Å². The summed E-state index contributed by atoms with van der Waals surface area (Å²) in [7, 11) is 0. The van der Waals surface area contributed by atoms with Crippen LogP contribution in [0.1, 0.15) is 5.56 Å². The predicted molar refractivity (Wildman–Crippen MR) is 81.5 cm³/mol. The van der Waals surface area contributed by atoms with E-state index >= 15 is 0 Å². The van der Waals surface area contributed by atoms with Crippen molar-refractivity contribution in [2.45, 2.75) is 0 Å². The van der Waals surface area contributed by atoms with Gasteiger partial charge in [0.05, 0.1) is 31.2 Å². The van der Waals surface area contributed by atoms with Gasteiger partial charge in [-0.05, 0) is 23.8 Å². The van der Waals surface area contributed by atoms with E-state index in [1.54, 1.807) is 18.2 Å². The Morgan fingerprint density at radius 3 is 2.64 bits per heavy atom. The van der Waals surface area contributed by atoms with E-state index in [1.165, 1.54) is 23.1 Å². The van der Waals surface area contributed by atoms with Gasteiger partial charge in [0.15, 0.2) is 0 Å². The zero-order valence-corrected chi connectivity index (χ0v) is 12.3. The van der Waals surface area contributed by atoms with Gasteiger partial charge < -0.3 is 15.0 Å². The molecule has 0 atom stereocenters.